The Morgan fingerprint density at radius 3 is 1.18 bits per heavy atom. The van der Waals surface area contributed by atoms with Crippen LogP contribution in [0.1, 0.15) is 11.1 Å². The number of thiophene rings is 3. The van der Waals surface area contributed by atoms with Gasteiger partial charge in [0.05, 0.1) is 73.3 Å². The van der Waals surface area contributed by atoms with Crippen LogP contribution >= 0.6 is 34.0 Å². The molecule has 12 aromatic heterocycles. The van der Waals surface area contributed by atoms with Gasteiger partial charge in [0, 0.05) is 132 Å². The van der Waals surface area contributed by atoms with Gasteiger partial charge >= 0.3 is 0 Å². The van der Waals surface area contributed by atoms with Crippen molar-refractivity contribution in [1.82, 2.24) is 34.9 Å². The highest BCUT2D eigenvalue weighted by Gasteiger charge is 2.31. The van der Waals surface area contributed by atoms with Crippen molar-refractivity contribution in [3.05, 3.63) is 369 Å². The molecule has 0 unspecified atom stereocenters. The van der Waals surface area contributed by atoms with E-state index in [2.05, 4.69) is 218 Å². The van der Waals surface area contributed by atoms with Gasteiger partial charge in [0.1, 0.15) is 67.0 Å². The van der Waals surface area contributed by atoms with Crippen LogP contribution in [0.3, 0.4) is 0 Å². The van der Waals surface area contributed by atoms with Crippen LogP contribution in [0.4, 0.5) is 0 Å². The summed E-state index contributed by atoms with van der Waals surface area (Å²) in [6, 6.07) is 125. The van der Waals surface area contributed by atoms with Crippen LogP contribution in [0.25, 0.3) is 305 Å². The molecule has 634 valence electrons. The fourth-order valence-electron chi connectivity index (χ4n) is 20.6. The molecule has 15 nitrogen and oxygen atoms in total. The van der Waals surface area contributed by atoms with E-state index in [1.54, 1.807) is 52.2 Å². The minimum atomic E-state index is 0.385. The number of fused-ring (bicyclic) bond motifs is 7. The molecule has 0 amide bonds. The second-order valence-corrected chi connectivity index (χ2v) is 37.7. The molecule has 0 saturated heterocycles. The van der Waals surface area contributed by atoms with Crippen molar-refractivity contribution >= 4 is 237 Å². The van der Waals surface area contributed by atoms with E-state index in [1.165, 1.54) is 50.4 Å². The van der Waals surface area contributed by atoms with Gasteiger partial charge in [0.2, 0.25) is 0 Å². The van der Waals surface area contributed by atoms with Crippen molar-refractivity contribution in [2.75, 3.05) is 0 Å². The fraction of sp³-hybridized carbons (Fsp3) is 0. The molecule has 31 rings (SSSR count). The Kier molecular flexibility index (Phi) is 16.6. The van der Waals surface area contributed by atoms with Crippen LogP contribution < -0.4 is 0 Å². The predicted octanol–water partition coefficient (Wildman–Crippen LogP) is 33.5. The maximum absolute atomic E-state index is 9.96. The average Bonchev–Trinajstić information content (AvgIpc) is 1.55. The van der Waals surface area contributed by atoms with Gasteiger partial charge in [-0.15, -0.1) is 34.0 Å². The zero-order valence-electron chi connectivity index (χ0n) is 71.8. The molecule has 0 fully saturated rings. The van der Waals surface area contributed by atoms with Crippen molar-refractivity contribution in [2.45, 2.75) is 0 Å². The zero-order chi connectivity index (χ0) is 89.9. The number of nitriles is 2. The fourth-order valence-corrected chi connectivity index (χ4v) is 24.0. The second-order valence-electron chi connectivity index (χ2n) is 34.4. The molecule has 0 radical (unpaired) electrons. The quantitative estimate of drug-likeness (QED) is 0.131. The number of aromatic nitrogens is 7. The van der Waals surface area contributed by atoms with Gasteiger partial charge in [-0.2, -0.15) is 10.5 Å². The largest absolute Gasteiger partial charge is 0.456 e. The van der Waals surface area contributed by atoms with Gasteiger partial charge in [-0.3, -0.25) is 0 Å². The molecule has 0 saturated carbocycles. The number of nitrogens with zero attached hydrogens (tertiary/aromatic N) is 9. The number of furan rings is 3. The van der Waals surface area contributed by atoms with Crippen molar-refractivity contribution in [2.24, 2.45) is 0 Å². The third-order valence-electron chi connectivity index (χ3n) is 26.7. The number of hydrogen-bond donors (Lipinski definition) is 0. The minimum Gasteiger partial charge on any atom is -0.456 e. The molecule has 0 aliphatic heterocycles. The predicted molar refractivity (Wildman–Crippen MR) is 556 cm³/mol. The maximum atomic E-state index is 9.96. The molecule has 137 heavy (non-hydrogen) atoms. The Balaban J connectivity index is 0.0000000995. The molecule has 18 heteroatoms. The SMILES string of the molecule is N#Cc1ccc(-c2nc(-c3ccccc3C#N)nc(-c3ccc4sc5ccc6sc7cc8ccccc8c8oc3c4c5c6c78)n2)cc1.c1ccc(-c2cc(-c3ccccc3)nc(-c3ccc4oc5c6ccccc6cc6oc7ccc8oc3c4c8c7c65)n2)cc1.c1ccc(-c2nc(-c3cccc4ccccc34)cc(-c3ccc4oc5c6ccccc6cc6sc7ccc8oc3c4c8c7c65)n2)cc1. The van der Waals surface area contributed by atoms with Crippen LogP contribution in [0.2, 0.25) is 0 Å². The van der Waals surface area contributed by atoms with Gasteiger partial charge in [0.25, 0.3) is 0 Å². The monoisotopic (exact) mass is 1810 g/mol. The van der Waals surface area contributed by atoms with E-state index in [0.29, 0.717) is 57.0 Å². The van der Waals surface area contributed by atoms with Crippen LogP contribution in [0, 0.1) is 22.7 Å². The van der Waals surface area contributed by atoms with Gasteiger partial charge in [0.15, 0.2) is 29.1 Å². The molecular weight excluding hydrogens is 1750 g/mol. The van der Waals surface area contributed by atoms with Gasteiger partial charge < -0.3 is 26.5 Å². The number of hydrogen-bond acceptors (Lipinski definition) is 18. The van der Waals surface area contributed by atoms with Gasteiger partial charge in [-0.25, -0.2) is 34.9 Å². The Hall–Kier alpha value is -18.2. The summed E-state index contributed by atoms with van der Waals surface area (Å²) in [6.07, 6.45) is 0. The van der Waals surface area contributed by atoms with Crippen molar-refractivity contribution < 1.29 is 26.5 Å². The summed E-state index contributed by atoms with van der Waals surface area (Å²) in [7, 11) is 0. The lowest BCUT2D eigenvalue weighted by atomic mass is 9.99. The molecule has 12 heterocycles. The third-order valence-corrected chi connectivity index (χ3v) is 30.0. The van der Waals surface area contributed by atoms with Crippen LogP contribution in [0.5, 0.6) is 0 Å². The average molecular weight is 1810 g/mol. The van der Waals surface area contributed by atoms with E-state index in [4.69, 9.17) is 61.4 Å². The summed E-state index contributed by atoms with van der Waals surface area (Å²) in [5.41, 5.74) is 21.7. The first-order valence-corrected chi connectivity index (χ1v) is 47.2. The number of rotatable bonds is 9. The lowest BCUT2D eigenvalue weighted by molar-refractivity contribution is 0.658. The topological polar surface area (TPSA) is 217 Å². The highest BCUT2D eigenvalue weighted by Crippen LogP contribution is 2.55. The smallest absolute Gasteiger partial charge is 0.167 e. The standard InChI is InChI=1S/C42H22N2O2S.C39H17N5OS2.C38H20N2O3/c1-2-10-24(11-3-1)42-43-30(28-16-8-13-23-9-4-6-14-26(23)28)22-31(44-42)29-17-18-33-37-36-32(45-41(29)37)19-20-34-38(36)39-35(47-34)21-25-12-5-7-15-27(25)40(39)46-33;40-18-20-9-11-21(12-10-20)37-42-38(25-8-4-2-6-23(25)19-41)44-39(43-37)26-13-14-29-33-31-27(46-29)15-16-28-32(31)34-30(47-28)17-22-5-1-3-7-24(22)35(34)45-36(26)33;1-3-9-21(10-4-1)26-20-27(22-11-5-2-6-12-22)40-38(39-26)25-15-16-30-34-33-29(42-37(25)34)18-17-28-32(33)35-31(41-28)19-23-13-7-8-14-24(23)36(35)43-30/h1-22H;1-17H;1-20H. The summed E-state index contributed by atoms with van der Waals surface area (Å²) in [4.78, 5) is 35.4. The molecule has 0 N–H and O–H groups in total. The molecule has 0 bridgehead atoms. The molecule has 31 aromatic rings. The Morgan fingerprint density at radius 1 is 0.197 bits per heavy atom. The van der Waals surface area contributed by atoms with Gasteiger partial charge in [-0.05, 0) is 166 Å². The summed E-state index contributed by atoms with van der Waals surface area (Å²) in [5, 5.41) is 41.1. The normalized spacial score (nSPS) is 12.1. The Bertz CT molecular complexity index is 10500. The summed E-state index contributed by atoms with van der Waals surface area (Å²) in [5.74, 6) is 2.52. The Labute approximate surface area is 786 Å². The molecule has 0 aliphatic carbocycles. The van der Waals surface area contributed by atoms with Crippen LogP contribution in [-0.4, -0.2) is 34.9 Å². The van der Waals surface area contributed by atoms with E-state index in [0.717, 1.165) is 209 Å². The van der Waals surface area contributed by atoms with Crippen LogP contribution in [0.15, 0.2) is 384 Å². The van der Waals surface area contributed by atoms with Gasteiger partial charge in [-0.1, -0.05) is 218 Å². The minimum absolute atomic E-state index is 0.385. The van der Waals surface area contributed by atoms with E-state index in [9.17, 15) is 10.5 Å². The first-order valence-electron chi connectivity index (χ1n) is 44.8. The summed E-state index contributed by atoms with van der Waals surface area (Å²) >= 11 is 5.36. The highest BCUT2D eigenvalue weighted by molar-refractivity contribution is 7.28. The Morgan fingerprint density at radius 2 is 0.562 bits per heavy atom. The van der Waals surface area contributed by atoms with Crippen LogP contribution in [-0.2, 0) is 0 Å². The number of benzene rings is 19. The van der Waals surface area contributed by atoms with E-state index >= 15 is 0 Å². The van der Waals surface area contributed by atoms with E-state index in [1.807, 2.05) is 133 Å². The summed E-state index contributed by atoms with van der Waals surface area (Å²) in [6.45, 7) is 0. The third kappa shape index (κ3) is 11.7. The molecule has 19 aromatic carbocycles. The highest BCUT2D eigenvalue weighted by atomic mass is 32.1. The molecule has 0 spiro atoms. The van der Waals surface area contributed by atoms with E-state index < -0.39 is 0 Å². The lowest BCUT2D eigenvalue weighted by Gasteiger charge is -2.11. The summed E-state index contributed by atoms with van der Waals surface area (Å²) < 4.78 is 47.9. The zero-order valence-corrected chi connectivity index (χ0v) is 74.2. The van der Waals surface area contributed by atoms with E-state index in [-0.39, 0.29) is 0 Å². The second kappa shape index (κ2) is 29.7. The van der Waals surface area contributed by atoms with Crippen molar-refractivity contribution in [3.8, 4) is 114 Å². The first-order chi connectivity index (χ1) is 67.8. The molecule has 0 atom stereocenters. The lowest BCUT2D eigenvalue weighted by Crippen LogP contribution is -2.01. The molecular formula is C119H59N9O6S3. The van der Waals surface area contributed by atoms with Crippen molar-refractivity contribution in [3.63, 3.8) is 0 Å². The van der Waals surface area contributed by atoms with Crippen molar-refractivity contribution in [1.29, 1.82) is 10.5 Å². The molecule has 0 aliphatic rings. The maximum Gasteiger partial charge on any atom is 0.167 e. The first kappa shape index (κ1) is 76.5.